The van der Waals surface area contributed by atoms with Crippen LogP contribution in [0.5, 0.6) is 0 Å². The van der Waals surface area contributed by atoms with Crippen LogP contribution in [0.3, 0.4) is 0 Å². The van der Waals surface area contributed by atoms with E-state index in [1.54, 1.807) is 31.9 Å². The summed E-state index contributed by atoms with van der Waals surface area (Å²) < 4.78 is 5.10. The molecule has 3 atom stereocenters. The lowest BCUT2D eigenvalue weighted by Gasteiger charge is -2.41. The van der Waals surface area contributed by atoms with Gasteiger partial charge in [-0.15, -0.1) is 0 Å². The summed E-state index contributed by atoms with van der Waals surface area (Å²) in [4.78, 5) is 43.1. The van der Waals surface area contributed by atoms with E-state index in [1.807, 2.05) is 34.6 Å². The number of nitrogens with zero attached hydrogens (tertiary/aromatic N) is 2. The van der Waals surface area contributed by atoms with Crippen molar-refractivity contribution in [2.24, 2.45) is 11.3 Å². The van der Waals surface area contributed by atoms with Crippen molar-refractivity contribution in [3.63, 3.8) is 0 Å². The van der Waals surface area contributed by atoms with Crippen LogP contribution in [-0.2, 0) is 19.1 Å². The van der Waals surface area contributed by atoms with E-state index in [-0.39, 0.29) is 41.8 Å². The van der Waals surface area contributed by atoms with Crippen molar-refractivity contribution in [2.75, 3.05) is 20.2 Å². The lowest BCUT2D eigenvalue weighted by Crippen LogP contribution is -2.60. The molecule has 0 aromatic rings. The minimum absolute atomic E-state index is 0.0782. The van der Waals surface area contributed by atoms with E-state index in [0.29, 0.717) is 12.2 Å². The molecule has 7 heteroatoms. The molecule has 1 aliphatic rings. The highest BCUT2D eigenvalue weighted by Gasteiger charge is 2.39. The van der Waals surface area contributed by atoms with Crippen LogP contribution in [0.2, 0.25) is 0 Å². The van der Waals surface area contributed by atoms with Gasteiger partial charge in [0.15, 0.2) is 0 Å². The van der Waals surface area contributed by atoms with E-state index in [9.17, 15) is 14.4 Å². The average molecular weight is 466 g/mol. The first-order valence-electron chi connectivity index (χ1n) is 12.4. The maximum Gasteiger partial charge on any atom is 0.333 e. The maximum atomic E-state index is 13.7. The van der Waals surface area contributed by atoms with Crippen LogP contribution in [0.15, 0.2) is 11.6 Å². The fourth-order valence-electron chi connectivity index (χ4n) is 4.41. The zero-order valence-corrected chi connectivity index (χ0v) is 22.5. The highest BCUT2D eigenvalue weighted by Crippen LogP contribution is 2.26. The third-order valence-corrected chi connectivity index (χ3v) is 6.41. The molecule has 7 nitrogen and oxygen atoms in total. The first-order valence-corrected chi connectivity index (χ1v) is 12.4. The fourth-order valence-corrected chi connectivity index (χ4v) is 4.41. The molecule has 0 aliphatic carbocycles. The predicted octanol–water partition coefficient (Wildman–Crippen LogP) is 3.77. The molecule has 0 saturated carbocycles. The Morgan fingerprint density at radius 2 is 1.76 bits per heavy atom. The van der Waals surface area contributed by atoms with E-state index in [0.717, 1.165) is 25.8 Å². The normalized spacial score (nSPS) is 19.9. The number of likely N-dealkylation sites (tertiary alicyclic amines) is 1. The largest absolute Gasteiger partial charge is 0.463 e. The molecule has 1 rings (SSSR count). The number of carbonyl (C=O) groups is 3. The molecule has 0 aromatic heterocycles. The smallest absolute Gasteiger partial charge is 0.333 e. The molecule has 0 radical (unpaired) electrons. The van der Waals surface area contributed by atoms with Gasteiger partial charge in [0.2, 0.25) is 11.8 Å². The second-order valence-corrected chi connectivity index (χ2v) is 10.9. The minimum Gasteiger partial charge on any atom is -0.463 e. The number of piperidine rings is 1. The van der Waals surface area contributed by atoms with E-state index < -0.39 is 11.5 Å². The molecule has 33 heavy (non-hydrogen) atoms. The Labute approximate surface area is 201 Å². The summed E-state index contributed by atoms with van der Waals surface area (Å²) in [5, 5.41) is 3.10. The van der Waals surface area contributed by atoms with E-state index in [4.69, 9.17) is 4.74 Å². The molecule has 1 fully saturated rings. The Morgan fingerprint density at radius 3 is 2.24 bits per heavy atom. The van der Waals surface area contributed by atoms with Crippen LogP contribution in [0.25, 0.3) is 0 Å². The molecule has 1 heterocycles. The summed E-state index contributed by atoms with van der Waals surface area (Å²) in [5.41, 5.74) is 0.000989. The number of hydrogen-bond donors (Lipinski definition) is 1. The maximum absolute atomic E-state index is 13.7. The summed E-state index contributed by atoms with van der Waals surface area (Å²) in [6.07, 6.45) is 4.71. The van der Waals surface area contributed by atoms with Gasteiger partial charge in [-0.1, -0.05) is 47.1 Å². The van der Waals surface area contributed by atoms with Crippen molar-refractivity contribution in [1.82, 2.24) is 15.1 Å². The van der Waals surface area contributed by atoms with Gasteiger partial charge in [-0.05, 0) is 58.4 Å². The molecular weight excluding hydrogens is 418 g/mol. The number of ether oxygens (including phenoxy) is 1. The molecule has 1 saturated heterocycles. The van der Waals surface area contributed by atoms with Gasteiger partial charge in [-0.25, -0.2) is 4.79 Å². The number of esters is 1. The van der Waals surface area contributed by atoms with Crippen molar-refractivity contribution in [3.05, 3.63) is 11.6 Å². The number of hydrogen-bond acceptors (Lipinski definition) is 5. The molecule has 1 aliphatic heterocycles. The molecule has 1 N–H and O–H groups in total. The zero-order valence-electron chi connectivity index (χ0n) is 22.5. The summed E-state index contributed by atoms with van der Waals surface area (Å²) in [6, 6.07) is -0.920. The fraction of sp³-hybridized carbons (Fsp3) is 0.808. The lowest BCUT2D eigenvalue weighted by molar-refractivity contribution is -0.142. The van der Waals surface area contributed by atoms with E-state index in [1.165, 1.54) is 0 Å². The summed E-state index contributed by atoms with van der Waals surface area (Å²) >= 11 is 0. The standard InChI is InChI=1S/C26H47N3O4/c1-11-33-25(32)19(6)16-21(17(2)3)28(10)24(31)22(26(7,8)9)27-23(30)20-14-12-13-15-29(20)18(4)5/h16-18,20-22H,11-15H2,1-10H3,(H,27,30)/b19-16+/t20-,21-,22-/m1/s1. The van der Waals surface area contributed by atoms with Crippen molar-refractivity contribution >= 4 is 17.8 Å². The van der Waals surface area contributed by atoms with Crippen LogP contribution in [0, 0.1) is 11.3 Å². The second kappa shape index (κ2) is 12.5. The van der Waals surface area contributed by atoms with Crippen molar-refractivity contribution in [2.45, 2.75) is 106 Å². The molecule has 190 valence electrons. The SMILES string of the molecule is CCOC(=O)/C(C)=C/[C@H](C(C)C)N(C)C(=O)[C@@H](NC(=O)[C@H]1CCCCN1C(C)C)C(C)(C)C. The number of nitrogens with one attached hydrogen (secondary N) is 1. The molecule has 0 unspecified atom stereocenters. The first kappa shape index (κ1) is 29.1. The Bertz CT molecular complexity index is 709. The summed E-state index contributed by atoms with van der Waals surface area (Å²) in [6.45, 7) is 18.8. The number of amides is 2. The molecule has 0 aromatic carbocycles. The van der Waals surface area contributed by atoms with Crippen molar-refractivity contribution in [3.8, 4) is 0 Å². The van der Waals surface area contributed by atoms with Gasteiger partial charge in [0.05, 0.1) is 18.7 Å². The monoisotopic (exact) mass is 465 g/mol. The van der Waals surface area contributed by atoms with Gasteiger partial charge in [0, 0.05) is 18.7 Å². The van der Waals surface area contributed by atoms with Crippen LogP contribution in [0.1, 0.15) is 81.6 Å². The Hall–Kier alpha value is -1.89. The number of carbonyl (C=O) groups excluding carboxylic acids is 3. The first-order chi connectivity index (χ1) is 15.2. The van der Waals surface area contributed by atoms with Gasteiger partial charge >= 0.3 is 5.97 Å². The molecule has 2 amide bonds. The Balaban J connectivity index is 3.15. The summed E-state index contributed by atoms with van der Waals surface area (Å²) in [7, 11) is 1.74. The predicted molar refractivity (Wildman–Crippen MR) is 133 cm³/mol. The summed E-state index contributed by atoms with van der Waals surface area (Å²) in [5.74, 6) is -0.538. The highest BCUT2D eigenvalue weighted by molar-refractivity contribution is 5.91. The second-order valence-electron chi connectivity index (χ2n) is 10.9. The van der Waals surface area contributed by atoms with E-state index in [2.05, 4.69) is 24.1 Å². The van der Waals surface area contributed by atoms with Crippen molar-refractivity contribution < 1.29 is 19.1 Å². The van der Waals surface area contributed by atoms with Gasteiger partial charge in [-0.2, -0.15) is 0 Å². The zero-order chi connectivity index (χ0) is 25.5. The average Bonchev–Trinajstić information content (AvgIpc) is 2.73. The van der Waals surface area contributed by atoms with Crippen LogP contribution in [0.4, 0.5) is 0 Å². The molecular formula is C26H47N3O4. The third-order valence-electron chi connectivity index (χ3n) is 6.41. The lowest BCUT2D eigenvalue weighted by atomic mass is 9.84. The topological polar surface area (TPSA) is 79.0 Å². The van der Waals surface area contributed by atoms with Gasteiger partial charge in [-0.3, -0.25) is 14.5 Å². The third kappa shape index (κ3) is 8.13. The van der Waals surface area contributed by atoms with E-state index >= 15 is 0 Å². The van der Waals surface area contributed by atoms with Crippen LogP contribution >= 0.6 is 0 Å². The van der Waals surface area contributed by atoms with Crippen molar-refractivity contribution in [1.29, 1.82) is 0 Å². The van der Waals surface area contributed by atoms with Gasteiger partial charge in [0.25, 0.3) is 0 Å². The van der Waals surface area contributed by atoms with Gasteiger partial charge < -0.3 is 15.0 Å². The van der Waals surface area contributed by atoms with Crippen LogP contribution < -0.4 is 5.32 Å². The number of rotatable bonds is 9. The molecule has 0 spiro atoms. The van der Waals surface area contributed by atoms with Gasteiger partial charge in [0.1, 0.15) is 6.04 Å². The van der Waals surface area contributed by atoms with Crippen LogP contribution in [-0.4, -0.2) is 72.0 Å². The quantitative estimate of drug-likeness (QED) is 0.414. The highest BCUT2D eigenvalue weighted by atomic mass is 16.5. The number of likely N-dealkylation sites (N-methyl/N-ethyl adjacent to an activating group) is 1. The minimum atomic E-state index is -0.677. The Kier molecular flexibility index (Phi) is 11.1. The molecule has 0 bridgehead atoms. The Morgan fingerprint density at radius 1 is 1.15 bits per heavy atom.